The third-order valence-corrected chi connectivity index (χ3v) is 4.61. The Bertz CT molecular complexity index is 800. The van der Waals surface area contributed by atoms with E-state index in [1.54, 1.807) is 7.11 Å². The fourth-order valence-electron chi connectivity index (χ4n) is 2.92. The van der Waals surface area contributed by atoms with E-state index < -0.39 is 0 Å². The number of aromatic nitrogens is 1. The number of fused-ring (bicyclic) bond motifs is 1. The van der Waals surface area contributed by atoms with Crippen LogP contribution in [0.1, 0.15) is 18.4 Å². The second kappa shape index (κ2) is 8.31. The zero-order chi connectivity index (χ0) is 17.6. The van der Waals surface area contributed by atoms with E-state index >= 15 is 0 Å². The van der Waals surface area contributed by atoms with E-state index in [-0.39, 0.29) is 11.7 Å². The quantitative estimate of drug-likeness (QED) is 0.681. The van der Waals surface area contributed by atoms with Crippen LogP contribution in [0.4, 0.5) is 0 Å². The summed E-state index contributed by atoms with van der Waals surface area (Å²) in [4.78, 5) is 15.1. The fraction of sp³-hybridized carbons (Fsp3) is 0.444. The molecule has 3 rings (SSSR count). The zero-order valence-electron chi connectivity index (χ0n) is 14.3. The molecule has 2 heterocycles. The SMILES string of the molecule is COc1ccc2cc(CCNC(=S)NC[C@@H]3CCCO3)c(=O)[nH]c2c1. The summed E-state index contributed by atoms with van der Waals surface area (Å²) in [5.74, 6) is 0.722. The van der Waals surface area contributed by atoms with E-state index in [9.17, 15) is 4.79 Å². The van der Waals surface area contributed by atoms with Crippen molar-refractivity contribution in [1.82, 2.24) is 15.6 Å². The molecule has 1 aromatic carbocycles. The lowest BCUT2D eigenvalue weighted by atomic mass is 10.1. The summed E-state index contributed by atoms with van der Waals surface area (Å²) in [5, 5.41) is 7.88. The summed E-state index contributed by atoms with van der Waals surface area (Å²) in [6, 6.07) is 7.56. The van der Waals surface area contributed by atoms with E-state index in [2.05, 4.69) is 15.6 Å². The van der Waals surface area contributed by atoms with Crippen molar-refractivity contribution in [3.63, 3.8) is 0 Å². The molecule has 0 saturated carbocycles. The fourth-order valence-corrected chi connectivity index (χ4v) is 3.11. The van der Waals surface area contributed by atoms with Gasteiger partial charge >= 0.3 is 0 Å². The molecule has 1 fully saturated rings. The Morgan fingerprint density at radius 3 is 3.04 bits per heavy atom. The van der Waals surface area contributed by atoms with Gasteiger partial charge in [0.05, 0.1) is 18.7 Å². The predicted molar refractivity (Wildman–Crippen MR) is 102 cm³/mol. The van der Waals surface area contributed by atoms with E-state index in [0.717, 1.165) is 48.2 Å². The number of pyridine rings is 1. The van der Waals surface area contributed by atoms with Crippen LogP contribution >= 0.6 is 12.2 Å². The van der Waals surface area contributed by atoms with Crippen molar-refractivity contribution in [3.8, 4) is 5.75 Å². The Balaban J connectivity index is 1.53. The maximum absolute atomic E-state index is 12.2. The highest BCUT2D eigenvalue weighted by atomic mass is 32.1. The molecule has 1 atom stereocenters. The monoisotopic (exact) mass is 361 g/mol. The molecule has 0 bridgehead atoms. The Hall–Kier alpha value is -2.12. The molecule has 25 heavy (non-hydrogen) atoms. The highest BCUT2D eigenvalue weighted by molar-refractivity contribution is 7.80. The predicted octanol–water partition coefficient (Wildman–Crippen LogP) is 1.72. The topological polar surface area (TPSA) is 75.4 Å². The molecule has 2 aromatic rings. The number of hydrogen-bond donors (Lipinski definition) is 3. The maximum atomic E-state index is 12.2. The number of H-pyrrole nitrogens is 1. The Kier molecular flexibility index (Phi) is 5.88. The van der Waals surface area contributed by atoms with Crippen molar-refractivity contribution < 1.29 is 9.47 Å². The molecule has 6 nitrogen and oxygen atoms in total. The van der Waals surface area contributed by atoms with Crippen LogP contribution in [0.2, 0.25) is 0 Å². The van der Waals surface area contributed by atoms with Gasteiger partial charge in [-0.2, -0.15) is 0 Å². The van der Waals surface area contributed by atoms with Crippen molar-refractivity contribution in [1.29, 1.82) is 0 Å². The van der Waals surface area contributed by atoms with Crippen LogP contribution in [0.25, 0.3) is 10.9 Å². The largest absolute Gasteiger partial charge is 0.497 e. The first-order valence-electron chi connectivity index (χ1n) is 8.49. The summed E-state index contributed by atoms with van der Waals surface area (Å²) in [6.45, 7) is 2.16. The molecule has 1 saturated heterocycles. The van der Waals surface area contributed by atoms with Gasteiger partial charge in [-0.1, -0.05) is 0 Å². The van der Waals surface area contributed by atoms with Crippen molar-refractivity contribution in [2.24, 2.45) is 0 Å². The lowest BCUT2D eigenvalue weighted by Crippen LogP contribution is -2.40. The van der Waals surface area contributed by atoms with Crippen LogP contribution in [0.3, 0.4) is 0 Å². The summed E-state index contributed by atoms with van der Waals surface area (Å²) < 4.78 is 10.7. The number of ether oxygens (including phenoxy) is 2. The van der Waals surface area contributed by atoms with Crippen LogP contribution in [-0.4, -0.2) is 43.0 Å². The van der Waals surface area contributed by atoms with Crippen molar-refractivity contribution in [2.45, 2.75) is 25.4 Å². The van der Waals surface area contributed by atoms with Gasteiger partial charge in [-0.15, -0.1) is 0 Å². The molecule has 1 aromatic heterocycles. The van der Waals surface area contributed by atoms with Gasteiger partial charge in [-0.25, -0.2) is 0 Å². The van der Waals surface area contributed by atoms with Crippen molar-refractivity contribution in [3.05, 3.63) is 40.2 Å². The van der Waals surface area contributed by atoms with E-state index in [0.29, 0.717) is 18.1 Å². The average molecular weight is 361 g/mol. The number of thiocarbonyl (C=S) groups is 1. The maximum Gasteiger partial charge on any atom is 0.251 e. The number of methoxy groups -OCH3 is 1. The number of aromatic amines is 1. The molecule has 0 aliphatic carbocycles. The normalized spacial score (nSPS) is 16.8. The summed E-state index contributed by atoms with van der Waals surface area (Å²) in [7, 11) is 1.61. The molecular formula is C18H23N3O3S. The summed E-state index contributed by atoms with van der Waals surface area (Å²) >= 11 is 5.26. The Morgan fingerprint density at radius 2 is 2.28 bits per heavy atom. The summed E-state index contributed by atoms with van der Waals surface area (Å²) in [6.07, 6.45) is 3.04. The Morgan fingerprint density at radius 1 is 1.40 bits per heavy atom. The molecule has 1 aliphatic heterocycles. The molecule has 134 valence electrons. The Labute approximate surface area is 151 Å². The van der Waals surface area contributed by atoms with Crippen LogP contribution < -0.4 is 20.9 Å². The first-order valence-corrected chi connectivity index (χ1v) is 8.90. The highest BCUT2D eigenvalue weighted by Crippen LogP contribution is 2.18. The molecule has 0 radical (unpaired) electrons. The number of benzene rings is 1. The minimum Gasteiger partial charge on any atom is -0.497 e. The molecule has 3 N–H and O–H groups in total. The second-order valence-electron chi connectivity index (χ2n) is 6.10. The number of rotatable bonds is 6. The molecule has 1 aliphatic rings. The molecular weight excluding hydrogens is 338 g/mol. The lowest BCUT2D eigenvalue weighted by molar-refractivity contribution is 0.114. The highest BCUT2D eigenvalue weighted by Gasteiger charge is 2.15. The van der Waals surface area contributed by atoms with E-state index in [1.165, 1.54) is 0 Å². The third kappa shape index (κ3) is 4.70. The minimum atomic E-state index is -0.0826. The zero-order valence-corrected chi connectivity index (χ0v) is 15.1. The van der Waals surface area contributed by atoms with Crippen LogP contribution in [-0.2, 0) is 11.2 Å². The number of hydrogen-bond acceptors (Lipinski definition) is 4. The van der Waals surface area contributed by atoms with Gasteiger partial charge in [-0.3, -0.25) is 4.79 Å². The van der Waals surface area contributed by atoms with Gasteiger partial charge in [-0.05, 0) is 55.1 Å². The minimum absolute atomic E-state index is 0.0826. The molecule has 7 heteroatoms. The van der Waals surface area contributed by atoms with Gasteiger partial charge in [0.25, 0.3) is 5.56 Å². The molecule has 0 spiro atoms. The van der Waals surface area contributed by atoms with E-state index in [4.69, 9.17) is 21.7 Å². The van der Waals surface area contributed by atoms with Gasteiger partial charge in [0.15, 0.2) is 5.11 Å². The molecule has 0 unspecified atom stereocenters. The van der Waals surface area contributed by atoms with Crippen LogP contribution in [0.5, 0.6) is 5.75 Å². The van der Waals surface area contributed by atoms with Gasteiger partial charge in [0.2, 0.25) is 0 Å². The summed E-state index contributed by atoms with van der Waals surface area (Å²) in [5.41, 5.74) is 1.42. The van der Waals surface area contributed by atoms with Crippen molar-refractivity contribution >= 4 is 28.2 Å². The molecule has 0 amide bonds. The first kappa shape index (κ1) is 17.7. The van der Waals surface area contributed by atoms with Crippen LogP contribution in [0.15, 0.2) is 29.1 Å². The van der Waals surface area contributed by atoms with E-state index in [1.807, 2.05) is 24.3 Å². The second-order valence-corrected chi connectivity index (χ2v) is 6.51. The average Bonchev–Trinajstić information content (AvgIpc) is 3.13. The van der Waals surface area contributed by atoms with Gasteiger partial charge in [0.1, 0.15) is 5.75 Å². The standard InChI is InChI=1S/C18H23N3O3S/c1-23-14-5-4-12-9-13(17(22)21-16(12)10-14)6-7-19-18(25)20-11-15-3-2-8-24-15/h4-5,9-10,15H,2-3,6-8,11H2,1H3,(H,21,22)(H2,19,20,25)/t15-/m0/s1. The smallest absolute Gasteiger partial charge is 0.251 e. The van der Waals surface area contributed by atoms with Crippen molar-refractivity contribution in [2.75, 3.05) is 26.8 Å². The first-order chi connectivity index (χ1) is 12.2. The third-order valence-electron chi connectivity index (χ3n) is 4.32. The van der Waals surface area contributed by atoms with Gasteiger partial charge in [0, 0.05) is 31.3 Å². The van der Waals surface area contributed by atoms with Gasteiger partial charge < -0.3 is 25.1 Å². The lowest BCUT2D eigenvalue weighted by Gasteiger charge is -2.14. The number of nitrogens with one attached hydrogen (secondary N) is 3. The van der Waals surface area contributed by atoms with Crippen LogP contribution in [0, 0.1) is 0 Å².